The smallest absolute Gasteiger partial charge is 0.335 e. The van der Waals surface area contributed by atoms with E-state index in [0.29, 0.717) is 24.0 Å². The summed E-state index contributed by atoms with van der Waals surface area (Å²) in [6.45, 7) is 3.44. The van der Waals surface area contributed by atoms with E-state index in [1.807, 2.05) is 34.7 Å². The van der Waals surface area contributed by atoms with Gasteiger partial charge in [-0.2, -0.15) is 0 Å². The number of aryl methyl sites for hydroxylation is 1. The molecule has 2 aromatic heterocycles. The molecule has 4 rings (SSSR count). The van der Waals surface area contributed by atoms with Gasteiger partial charge in [-0.05, 0) is 30.3 Å². The summed E-state index contributed by atoms with van der Waals surface area (Å²) in [5.41, 5.74) is 2.59. The molecule has 8 heteroatoms. The molecule has 1 aliphatic rings. The standard InChI is InChI=1S/C22H24N4O4/c1-24-14-18(17-12-15(21(27)28)5-6-19(17)24)20(22(29)30)26-10-8-25(9-11-26)13-16-4-2-3-7-23-16/h2-7,12,14,20H,8-11,13H2,1H3,(H,27,28)(H,29,30)/t20-/m0/s1. The molecule has 0 saturated carbocycles. The molecule has 1 aromatic carbocycles. The molecule has 1 saturated heterocycles. The lowest BCUT2D eigenvalue weighted by atomic mass is 10.0. The Labute approximate surface area is 174 Å². The fourth-order valence-electron chi connectivity index (χ4n) is 4.16. The quantitative estimate of drug-likeness (QED) is 0.645. The molecule has 3 aromatic rings. The van der Waals surface area contributed by atoms with Crippen molar-refractivity contribution < 1.29 is 19.8 Å². The van der Waals surface area contributed by atoms with Crippen molar-refractivity contribution in [2.24, 2.45) is 7.05 Å². The van der Waals surface area contributed by atoms with Crippen molar-refractivity contribution in [2.75, 3.05) is 26.2 Å². The molecule has 1 fully saturated rings. The van der Waals surface area contributed by atoms with E-state index in [4.69, 9.17) is 0 Å². The predicted octanol–water partition coefficient (Wildman–Crippen LogP) is 2.21. The molecule has 1 aliphatic heterocycles. The van der Waals surface area contributed by atoms with Crippen LogP contribution >= 0.6 is 0 Å². The van der Waals surface area contributed by atoms with E-state index in [0.717, 1.165) is 30.8 Å². The van der Waals surface area contributed by atoms with Crippen LogP contribution < -0.4 is 0 Å². The number of carboxylic acids is 2. The second-order valence-corrected chi connectivity index (χ2v) is 7.61. The summed E-state index contributed by atoms with van der Waals surface area (Å²) in [6.07, 6.45) is 3.58. The third-order valence-electron chi connectivity index (χ3n) is 5.68. The molecule has 0 radical (unpaired) electrons. The van der Waals surface area contributed by atoms with Crippen LogP contribution in [0.5, 0.6) is 0 Å². The number of pyridine rings is 1. The number of fused-ring (bicyclic) bond motifs is 1. The van der Waals surface area contributed by atoms with E-state index in [1.165, 1.54) is 0 Å². The van der Waals surface area contributed by atoms with Crippen LogP contribution in [0, 0.1) is 0 Å². The highest BCUT2D eigenvalue weighted by molar-refractivity contribution is 5.96. The summed E-state index contributed by atoms with van der Waals surface area (Å²) in [6, 6.07) is 9.86. The van der Waals surface area contributed by atoms with Crippen molar-refractivity contribution in [3.05, 3.63) is 65.6 Å². The van der Waals surface area contributed by atoms with E-state index < -0.39 is 18.0 Å². The number of aromatic nitrogens is 2. The predicted molar refractivity (Wildman–Crippen MR) is 111 cm³/mol. The van der Waals surface area contributed by atoms with Crippen LogP contribution in [0.2, 0.25) is 0 Å². The average Bonchev–Trinajstić information content (AvgIpc) is 3.05. The Morgan fingerprint density at radius 1 is 1.10 bits per heavy atom. The van der Waals surface area contributed by atoms with Crippen molar-refractivity contribution in [1.29, 1.82) is 0 Å². The third-order valence-corrected chi connectivity index (χ3v) is 5.68. The van der Waals surface area contributed by atoms with Gasteiger partial charge in [0.1, 0.15) is 6.04 Å². The Hall–Kier alpha value is -3.23. The Balaban J connectivity index is 1.57. The van der Waals surface area contributed by atoms with Crippen LogP contribution in [-0.2, 0) is 18.4 Å². The van der Waals surface area contributed by atoms with E-state index in [1.54, 1.807) is 30.6 Å². The van der Waals surface area contributed by atoms with Crippen LogP contribution in [0.4, 0.5) is 0 Å². The average molecular weight is 408 g/mol. The summed E-state index contributed by atoms with van der Waals surface area (Å²) in [4.78, 5) is 32.2. The number of aromatic carboxylic acids is 1. The Morgan fingerprint density at radius 3 is 2.50 bits per heavy atom. The van der Waals surface area contributed by atoms with Crippen molar-refractivity contribution in [3.63, 3.8) is 0 Å². The first-order valence-electron chi connectivity index (χ1n) is 9.85. The molecule has 1 atom stereocenters. The number of rotatable bonds is 6. The van der Waals surface area contributed by atoms with Gasteiger partial charge in [-0.3, -0.25) is 19.6 Å². The summed E-state index contributed by atoms with van der Waals surface area (Å²) >= 11 is 0. The maximum absolute atomic E-state index is 12.3. The SMILES string of the molecule is Cn1cc([C@@H](C(=O)O)N2CCN(Cc3ccccn3)CC2)c2cc(C(=O)O)ccc21. The maximum atomic E-state index is 12.3. The van der Waals surface area contributed by atoms with Crippen LogP contribution in [0.15, 0.2) is 48.8 Å². The molecule has 0 aliphatic carbocycles. The lowest BCUT2D eigenvalue weighted by Gasteiger charge is -2.37. The molecular formula is C22H24N4O4. The molecule has 0 bridgehead atoms. The number of nitrogens with zero attached hydrogens (tertiary/aromatic N) is 4. The van der Waals surface area contributed by atoms with Gasteiger partial charge in [-0.15, -0.1) is 0 Å². The van der Waals surface area contributed by atoms with Crippen LogP contribution in [0.25, 0.3) is 10.9 Å². The number of carboxylic acid groups (broad SMARTS) is 2. The minimum Gasteiger partial charge on any atom is -0.480 e. The fraction of sp³-hybridized carbons (Fsp3) is 0.318. The minimum atomic E-state index is -1.03. The Kier molecular flexibility index (Phi) is 5.52. The Bertz CT molecular complexity index is 1070. The van der Waals surface area contributed by atoms with Crippen molar-refractivity contribution in [1.82, 2.24) is 19.4 Å². The lowest BCUT2D eigenvalue weighted by molar-refractivity contribution is -0.144. The first-order chi connectivity index (χ1) is 14.4. The number of carbonyl (C=O) groups is 2. The van der Waals surface area contributed by atoms with Crippen molar-refractivity contribution in [2.45, 2.75) is 12.6 Å². The summed E-state index contributed by atoms with van der Waals surface area (Å²) < 4.78 is 1.85. The second kappa shape index (κ2) is 8.25. The van der Waals surface area contributed by atoms with Gasteiger partial charge in [0.05, 0.1) is 11.3 Å². The van der Waals surface area contributed by atoms with E-state index in [-0.39, 0.29) is 5.56 Å². The van der Waals surface area contributed by atoms with Gasteiger partial charge in [-0.25, -0.2) is 4.79 Å². The molecular weight excluding hydrogens is 384 g/mol. The maximum Gasteiger partial charge on any atom is 0.335 e. The van der Waals surface area contributed by atoms with Gasteiger partial charge < -0.3 is 14.8 Å². The highest BCUT2D eigenvalue weighted by atomic mass is 16.4. The molecule has 0 unspecified atom stereocenters. The van der Waals surface area contributed by atoms with Crippen LogP contribution in [0.1, 0.15) is 27.7 Å². The topological polar surface area (TPSA) is 98.9 Å². The van der Waals surface area contributed by atoms with Crippen molar-refractivity contribution >= 4 is 22.8 Å². The monoisotopic (exact) mass is 408 g/mol. The summed E-state index contributed by atoms with van der Waals surface area (Å²) in [5.74, 6) is -1.96. The molecule has 0 spiro atoms. The van der Waals surface area contributed by atoms with Gasteiger partial charge >= 0.3 is 11.9 Å². The van der Waals surface area contributed by atoms with Gasteiger partial charge in [0, 0.05) is 68.6 Å². The summed E-state index contributed by atoms with van der Waals surface area (Å²) in [5, 5.41) is 20.0. The van der Waals surface area contributed by atoms with E-state index in [2.05, 4.69) is 9.88 Å². The fourth-order valence-corrected chi connectivity index (χ4v) is 4.16. The molecule has 2 N–H and O–H groups in total. The zero-order chi connectivity index (χ0) is 21.3. The van der Waals surface area contributed by atoms with Gasteiger partial charge in [0.15, 0.2) is 0 Å². The minimum absolute atomic E-state index is 0.152. The number of aliphatic carboxylic acids is 1. The Morgan fingerprint density at radius 2 is 1.87 bits per heavy atom. The molecule has 30 heavy (non-hydrogen) atoms. The normalized spacial score (nSPS) is 16.6. The van der Waals surface area contributed by atoms with Crippen LogP contribution in [-0.4, -0.2) is 67.7 Å². The van der Waals surface area contributed by atoms with Crippen LogP contribution in [0.3, 0.4) is 0 Å². The van der Waals surface area contributed by atoms with E-state index in [9.17, 15) is 19.8 Å². The lowest BCUT2D eigenvalue weighted by Crippen LogP contribution is -2.48. The first-order valence-corrected chi connectivity index (χ1v) is 9.85. The van der Waals surface area contributed by atoms with Gasteiger partial charge in [0.25, 0.3) is 0 Å². The third kappa shape index (κ3) is 3.92. The second-order valence-electron chi connectivity index (χ2n) is 7.61. The number of benzene rings is 1. The van der Waals surface area contributed by atoms with Crippen molar-refractivity contribution in [3.8, 4) is 0 Å². The first kappa shape index (κ1) is 20.1. The highest BCUT2D eigenvalue weighted by Crippen LogP contribution is 2.31. The zero-order valence-corrected chi connectivity index (χ0v) is 16.7. The molecule has 0 amide bonds. The highest BCUT2D eigenvalue weighted by Gasteiger charge is 2.32. The molecule has 3 heterocycles. The van der Waals surface area contributed by atoms with E-state index >= 15 is 0 Å². The number of hydrogen-bond acceptors (Lipinski definition) is 5. The molecule has 8 nitrogen and oxygen atoms in total. The molecule has 156 valence electrons. The van der Waals surface area contributed by atoms with Gasteiger partial charge in [0.2, 0.25) is 0 Å². The number of hydrogen-bond donors (Lipinski definition) is 2. The summed E-state index contributed by atoms with van der Waals surface area (Å²) in [7, 11) is 1.84. The number of piperazine rings is 1. The largest absolute Gasteiger partial charge is 0.480 e. The van der Waals surface area contributed by atoms with Gasteiger partial charge in [-0.1, -0.05) is 6.07 Å². The zero-order valence-electron chi connectivity index (χ0n) is 16.7.